The van der Waals surface area contributed by atoms with E-state index in [2.05, 4.69) is 32.4 Å². The molecule has 1 fully saturated rings. The maximum Gasteiger partial charge on any atom is 0.243 e. The van der Waals surface area contributed by atoms with Crippen LogP contribution in [0.3, 0.4) is 0 Å². The van der Waals surface area contributed by atoms with Crippen LogP contribution in [0.2, 0.25) is 0 Å². The summed E-state index contributed by atoms with van der Waals surface area (Å²) < 4.78 is 29.5. The SMILES string of the molecule is CCc1nccn1CC1CN(S(=O)(=O)c2ccc(Br)cc2)C1. The lowest BCUT2D eigenvalue weighted by Gasteiger charge is -2.38. The summed E-state index contributed by atoms with van der Waals surface area (Å²) in [4.78, 5) is 4.65. The van der Waals surface area contributed by atoms with Crippen molar-refractivity contribution in [2.75, 3.05) is 13.1 Å². The molecule has 0 spiro atoms. The van der Waals surface area contributed by atoms with Crippen molar-refractivity contribution < 1.29 is 8.42 Å². The highest BCUT2D eigenvalue weighted by Gasteiger charge is 2.36. The van der Waals surface area contributed by atoms with Crippen LogP contribution in [0.5, 0.6) is 0 Å². The lowest BCUT2D eigenvalue weighted by atomic mass is 10.0. The zero-order chi connectivity index (χ0) is 15.7. The molecule has 0 bridgehead atoms. The quantitative estimate of drug-likeness (QED) is 0.796. The molecule has 0 radical (unpaired) electrons. The number of halogens is 1. The van der Waals surface area contributed by atoms with Gasteiger partial charge in [0.2, 0.25) is 10.0 Å². The molecule has 1 aromatic heterocycles. The highest BCUT2D eigenvalue weighted by Crippen LogP contribution is 2.27. The fraction of sp³-hybridized carbons (Fsp3) is 0.400. The maximum atomic E-state index is 12.5. The molecule has 2 heterocycles. The predicted octanol–water partition coefficient (Wildman–Crippen LogP) is 2.53. The standard InChI is InChI=1S/C15H18BrN3O2S/c1-2-15-17-7-8-18(15)9-12-10-19(11-12)22(20,21)14-5-3-13(16)4-6-14/h3-8,12H,2,9-11H2,1H3. The first-order valence-electron chi connectivity index (χ1n) is 7.26. The summed E-state index contributed by atoms with van der Waals surface area (Å²) in [5, 5.41) is 0. The molecule has 1 saturated heterocycles. The van der Waals surface area contributed by atoms with Gasteiger partial charge in [0.15, 0.2) is 0 Å². The molecule has 1 aliphatic rings. The molecular formula is C15H18BrN3O2S. The van der Waals surface area contributed by atoms with Crippen molar-refractivity contribution in [1.82, 2.24) is 13.9 Å². The minimum absolute atomic E-state index is 0.352. The topological polar surface area (TPSA) is 55.2 Å². The average Bonchev–Trinajstić information content (AvgIpc) is 2.89. The highest BCUT2D eigenvalue weighted by atomic mass is 79.9. The molecule has 0 unspecified atom stereocenters. The largest absolute Gasteiger partial charge is 0.335 e. The molecule has 118 valence electrons. The highest BCUT2D eigenvalue weighted by molar-refractivity contribution is 9.10. The third kappa shape index (κ3) is 2.98. The summed E-state index contributed by atoms with van der Waals surface area (Å²) in [6, 6.07) is 6.78. The lowest BCUT2D eigenvalue weighted by Crippen LogP contribution is -2.51. The number of rotatable bonds is 5. The molecule has 0 saturated carbocycles. The average molecular weight is 384 g/mol. The van der Waals surface area contributed by atoms with Crippen LogP contribution >= 0.6 is 15.9 Å². The zero-order valence-corrected chi connectivity index (χ0v) is 14.7. The fourth-order valence-electron chi connectivity index (χ4n) is 2.69. The van der Waals surface area contributed by atoms with Gasteiger partial charge in [-0.2, -0.15) is 4.31 Å². The van der Waals surface area contributed by atoms with Crippen molar-refractivity contribution in [3.8, 4) is 0 Å². The summed E-state index contributed by atoms with van der Waals surface area (Å²) in [5.74, 6) is 1.40. The van der Waals surface area contributed by atoms with E-state index in [9.17, 15) is 8.42 Å². The summed E-state index contributed by atoms with van der Waals surface area (Å²) >= 11 is 3.32. The second kappa shape index (κ2) is 6.14. The van der Waals surface area contributed by atoms with Gasteiger partial charge >= 0.3 is 0 Å². The summed E-state index contributed by atoms with van der Waals surface area (Å²) in [7, 11) is -3.36. The number of imidazole rings is 1. The Morgan fingerprint density at radius 3 is 2.59 bits per heavy atom. The number of aromatic nitrogens is 2. The number of hydrogen-bond donors (Lipinski definition) is 0. The van der Waals surface area contributed by atoms with Crippen molar-refractivity contribution >= 4 is 26.0 Å². The molecule has 22 heavy (non-hydrogen) atoms. The van der Waals surface area contributed by atoms with Gasteiger partial charge < -0.3 is 4.57 Å². The van der Waals surface area contributed by atoms with E-state index < -0.39 is 10.0 Å². The molecule has 0 aliphatic carbocycles. The van der Waals surface area contributed by atoms with E-state index in [0.29, 0.717) is 23.9 Å². The van der Waals surface area contributed by atoms with E-state index in [-0.39, 0.29) is 0 Å². The smallest absolute Gasteiger partial charge is 0.243 e. The molecule has 0 amide bonds. The predicted molar refractivity (Wildman–Crippen MR) is 88.0 cm³/mol. The van der Waals surface area contributed by atoms with Gasteiger partial charge in [0, 0.05) is 48.8 Å². The lowest BCUT2D eigenvalue weighted by molar-refractivity contribution is 0.178. The van der Waals surface area contributed by atoms with Crippen LogP contribution in [0.15, 0.2) is 46.0 Å². The second-order valence-corrected chi connectivity index (χ2v) is 8.34. The Bertz CT molecular complexity index is 749. The first kappa shape index (κ1) is 15.7. The minimum atomic E-state index is -3.36. The van der Waals surface area contributed by atoms with Crippen LogP contribution in [0.25, 0.3) is 0 Å². The molecule has 5 nitrogen and oxygen atoms in total. The Labute approximate surface area is 139 Å². The number of aryl methyl sites for hydroxylation is 1. The van der Waals surface area contributed by atoms with Gasteiger partial charge in [0.1, 0.15) is 5.82 Å². The van der Waals surface area contributed by atoms with E-state index in [1.165, 1.54) is 0 Å². The van der Waals surface area contributed by atoms with Gasteiger partial charge in [0.05, 0.1) is 4.90 Å². The molecule has 0 N–H and O–H groups in total. The van der Waals surface area contributed by atoms with E-state index in [1.54, 1.807) is 34.8 Å². The van der Waals surface area contributed by atoms with E-state index >= 15 is 0 Å². The normalized spacial score (nSPS) is 16.6. The first-order valence-corrected chi connectivity index (χ1v) is 9.49. The Balaban J connectivity index is 1.64. The summed E-state index contributed by atoms with van der Waals surface area (Å²) in [5.41, 5.74) is 0. The van der Waals surface area contributed by atoms with E-state index in [1.807, 2.05) is 6.20 Å². The van der Waals surface area contributed by atoms with Crippen LogP contribution in [0, 0.1) is 5.92 Å². The van der Waals surface area contributed by atoms with Crippen LogP contribution in [0.1, 0.15) is 12.7 Å². The van der Waals surface area contributed by atoms with Gasteiger partial charge in [-0.15, -0.1) is 0 Å². The summed E-state index contributed by atoms with van der Waals surface area (Å²) in [6.45, 7) is 4.04. The number of sulfonamides is 1. The van der Waals surface area contributed by atoms with E-state index in [4.69, 9.17) is 0 Å². The number of benzene rings is 1. The number of nitrogens with zero attached hydrogens (tertiary/aromatic N) is 3. The molecule has 2 aromatic rings. The molecule has 1 aliphatic heterocycles. The second-order valence-electron chi connectivity index (χ2n) is 5.49. The van der Waals surface area contributed by atoms with Gasteiger partial charge in [0.25, 0.3) is 0 Å². The van der Waals surface area contributed by atoms with Gasteiger partial charge in [-0.05, 0) is 24.3 Å². The van der Waals surface area contributed by atoms with Gasteiger partial charge in [-0.3, -0.25) is 0 Å². The third-order valence-electron chi connectivity index (χ3n) is 3.95. The Morgan fingerprint density at radius 1 is 1.27 bits per heavy atom. The Morgan fingerprint density at radius 2 is 1.95 bits per heavy atom. The fourth-order valence-corrected chi connectivity index (χ4v) is 4.55. The van der Waals surface area contributed by atoms with Crippen LogP contribution in [0.4, 0.5) is 0 Å². The molecule has 3 rings (SSSR count). The maximum absolute atomic E-state index is 12.5. The van der Waals surface area contributed by atoms with Crippen molar-refractivity contribution in [2.45, 2.75) is 24.8 Å². The monoisotopic (exact) mass is 383 g/mol. The van der Waals surface area contributed by atoms with Crippen LogP contribution in [-0.4, -0.2) is 35.4 Å². The van der Waals surface area contributed by atoms with E-state index in [0.717, 1.165) is 23.3 Å². The van der Waals surface area contributed by atoms with Crippen LogP contribution in [-0.2, 0) is 23.0 Å². The molecular weight excluding hydrogens is 366 g/mol. The zero-order valence-electron chi connectivity index (χ0n) is 12.3. The summed E-state index contributed by atoms with van der Waals surface area (Å²) in [6.07, 6.45) is 4.65. The van der Waals surface area contributed by atoms with Gasteiger partial charge in [-0.25, -0.2) is 13.4 Å². The Hall–Kier alpha value is -1.18. The van der Waals surface area contributed by atoms with Crippen molar-refractivity contribution in [1.29, 1.82) is 0 Å². The third-order valence-corrected chi connectivity index (χ3v) is 6.32. The van der Waals surface area contributed by atoms with Gasteiger partial charge in [-0.1, -0.05) is 22.9 Å². The van der Waals surface area contributed by atoms with Crippen molar-refractivity contribution in [2.24, 2.45) is 5.92 Å². The molecule has 7 heteroatoms. The number of hydrogen-bond acceptors (Lipinski definition) is 3. The first-order chi connectivity index (χ1) is 10.5. The molecule has 0 atom stereocenters. The van der Waals surface area contributed by atoms with Crippen molar-refractivity contribution in [3.05, 3.63) is 47.0 Å². The molecule has 1 aromatic carbocycles. The minimum Gasteiger partial charge on any atom is -0.335 e. The van der Waals surface area contributed by atoms with Crippen molar-refractivity contribution in [3.63, 3.8) is 0 Å². The Kier molecular flexibility index (Phi) is 4.38. The van der Waals surface area contributed by atoms with Crippen LogP contribution < -0.4 is 0 Å².